The second-order valence-electron chi connectivity index (χ2n) is 5.29. The molecular formula is C13H15N3O3S2. The summed E-state index contributed by atoms with van der Waals surface area (Å²) in [5, 5.41) is 22.6. The van der Waals surface area contributed by atoms with Crippen LogP contribution in [0.5, 0.6) is 0 Å². The minimum atomic E-state index is -0.470. The smallest absolute Gasteiger partial charge is 0.269 e. The van der Waals surface area contributed by atoms with Crippen molar-refractivity contribution in [1.82, 2.24) is 4.90 Å². The van der Waals surface area contributed by atoms with E-state index < -0.39 is 4.92 Å². The van der Waals surface area contributed by atoms with Crippen LogP contribution in [0.1, 0.15) is 19.4 Å². The van der Waals surface area contributed by atoms with Crippen molar-refractivity contribution in [1.29, 1.82) is 0 Å². The van der Waals surface area contributed by atoms with Crippen molar-refractivity contribution >= 4 is 40.2 Å². The van der Waals surface area contributed by atoms with Crippen LogP contribution in [0.15, 0.2) is 24.3 Å². The van der Waals surface area contributed by atoms with E-state index >= 15 is 0 Å². The van der Waals surface area contributed by atoms with E-state index in [4.69, 9.17) is 12.2 Å². The fourth-order valence-electron chi connectivity index (χ4n) is 1.98. The summed E-state index contributed by atoms with van der Waals surface area (Å²) in [6.45, 7) is 3.91. The van der Waals surface area contributed by atoms with Crippen molar-refractivity contribution in [2.45, 2.75) is 24.8 Å². The van der Waals surface area contributed by atoms with Crippen molar-refractivity contribution in [2.24, 2.45) is 0 Å². The quantitative estimate of drug-likeness (QED) is 0.212. The van der Waals surface area contributed by atoms with Crippen molar-refractivity contribution < 1.29 is 9.66 Å². The Morgan fingerprint density at radius 2 is 1.90 bits per heavy atom. The molecule has 0 unspecified atom stereocenters. The molecule has 1 aromatic rings. The Balaban J connectivity index is 2.25. The van der Waals surface area contributed by atoms with Crippen molar-refractivity contribution in [3.8, 4) is 0 Å². The van der Waals surface area contributed by atoms with E-state index in [0.29, 0.717) is 9.88 Å². The highest BCUT2D eigenvalue weighted by atomic mass is 32.2. The normalized spacial score (nSPS) is 21.7. The molecule has 1 aromatic carbocycles. The number of hydrogen-bond acceptors (Lipinski definition) is 5. The van der Waals surface area contributed by atoms with Gasteiger partial charge in [-0.1, -0.05) is 12.2 Å². The number of nitro benzene ring substituents is 1. The number of likely N-dealkylation sites (N-methyl/N-ethyl adjacent to an activating group) is 1. The van der Waals surface area contributed by atoms with Crippen molar-refractivity contribution in [2.75, 3.05) is 7.05 Å². The van der Waals surface area contributed by atoms with Crippen LogP contribution in [0.4, 0.5) is 5.69 Å². The first-order valence-corrected chi connectivity index (χ1v) is 7.51. The van der Waals surface area contributed by atoms with Gasteiger partial charge in [-0.05, 0) is 37.7 Å². The number of nitrogens with zero attached hydrogens (tertiary/aromatic N) is 3. The van der Waals surface area contributed by atoms with Crippen molar-refractivity contribution in [3.05, 3.63) is 45.2 Å². The first-order chi connectivity index (χ1) is 9.73. The molecule has 8 heteroatoms. The lowest BCUT2D eigenvalue weighted by Gasteiger charge is -2.30. The number of thiocarbonyl (C=S) groups is 1. The minimum Gasteiger partial charge on any atom is -0.623 e. The van der Waals surface area contributed by atoms with Crippen molar-refractivity contribution in [3.63, 3.8) is 0 Å². The van der Waals surface area contributed by atoms with Gasteiger partial charge in [0.25, 0.3) is 5.69 Å². The Labute approximate surface area is 132 Å². The Morgan fingerprint density at radius 1 is 1.33 bits per heavy atom. The van der Waals surface area contributed by atoms with Gasteiger partial charge in [0.2, 0.25) is 5.37 Å². The zero-order valence-electron chi connectivity index (χ0n) is 11.8. The average Bonchev–Trinajstić information content (AvgIpc) is 2.63. The number of thioether (sulfide) groups is 1. The van der Waals surface area contributed by atoms with E-state index in [0.717, 1.165) is 4.74 Å². The second kappa shape index (κ2) is 5.61. The lowest BCUT2D eigenvalue weighted by Crippen LogP contribution is -2.47. The summed E-state index contributed by atoms with van der Waals surface area (Å²) in [5.41, 5.74) is 0.231. The van der Waals surface area contributed by atoms with Crippen LogP contribution in [-0.4, -0.2) is 43.1 Å². The van der Waals surface area contributed by atoms with Gasteiger partial charge in [-0.3, -0.25) is 10.1 Å². The molecule has 0 aromatic heterocycles. The SMILES string of the molecule is CN1C(=S)S[C@@H](/[N+]([O-])=C/c2ccc([N+](=O)[O-])cc2)C1(C)C. The van der Waals surface area contributed by atoms with E-state index in [2.05, 4.69) is 0 Å². The summed E-state index contributed by atoms with van der Waals surface area (Å²) in [6.07, 6.45) is 1.44. The molecule has 1 saturated heterocycles. The largest absolute Gasteiger partial charge is 0.623 e. The van der Waals surface area contributed by atoms with Gasteiger partial charge in [0.1, 0.15) is 9.86 Å². The molecule has 0 amide bonds. The fraction of sp³-hybridized carbons (Fsp3) is 0.385. The number of benzene rings is 1. The van der Waals surface area contributed by atoms with E-state index in [1.807, 2.05) is 25.8 Å². The molecule has 0 N–H and O–H groups in total. The number of hydroxylamine groups is 1. The molecular weight excluding hydrogens is 310 g/mol. The predicted molar refractivity (Wildman–Crippen MR) is 87.7 cm³/mol. The highest BCUT2D eigenvalue weighted by Crippen LogP contribution is 2.38. The summed E-state index contributed by atoms with van der Waals surface area (Å²) in [6, 6.07) is 5.86. The minimum absolute atomic E-state index is 0.00100. The second-order valence-corrected chi connectivity index (χ2v) is 7.00. The molecule has 1 aliphatic rings. The van der Waals surface area contributed by atoms with Crippen LogP contribution in [0.25, 0.3) is 0 Å². The summed E-state index contributed by atoms with van der Waals surface area (Å²) < 4.78 is 1.55. The van der Waals surface area contributed by atoms with Crippen LogP contribution in [-0.2, 0) is 0 Å². The van der Waals surface area contributed by atoms with Crippen LogP contribution in [0.3, 0.4) is 0 Å². The van der Waals surface area contributed by atoms with Crippen LogP contribution >= 0.6 is 24.0 Å². The molecule has 0 aliphatic carbocycles. The van der Waals surface area contributed by atoms with Crippen LogP contribution in [0, 0.1) is 15.3 Å². The standard InChI is InChI=1S/C13H15N3O3S2/c1-13(2)11(21-12(20)14(13)3)15(17)8-9-4-6-10(7-5-9)16(18)19/h4-8,11H,1-3H3/b15-8-/t11-/m1/s1. The molecule has 0 spiro atoms. The van der Waals surface area contributed by atoms with E-state index in [1.54, 1.807) is 12.1 Å². The maximum Gasteiger partial charge on any atom is 0.269 e. The molecule has 2 rings (SSSR count). The topological polar surface area (TPSA) is 72.5 Å². The molecule has 0 saturated carbocycles. The van der Waals surface area contributed by atoms with Gasteiger partial charge in [0.15, 0.2) is 6.21 Å². The first-order valence-electron chi connectivity index (χ1n) is 6.22. The number of nitro groups is 1. The average molecular weight is 325 g/mol. The zero-order valence-corrected chi connectivity index (χ0v) is 13.5. The molecule has 1 heterocycles. The monoisotopic (exact) mass is 325 g/mol. The summed E-state index contributed by atoms with van der Waals surface area (Å²) in [7, 11) is 1.87. The van der Waals surface area contributed by atoms with Crippen LogP contribution in [0.2, 0.25) is 0 Å². The lowest BCUT2D eigenvalue weighted by atomic mass is 10.0. The summed E-state index contributed by atoms with van der Waals surface area (Å²) in [5.74, 6) is 0. The van der Waals surface area contributed by atoms with E-state index in [1.165, 1.54) is 30.1 Å². The lowest BCUT2D eigenvalue weighted by molar-refractivity contribution is -0.480. The van der Waals surface area contributed by atoms with Gasteiger partial charge in [-0.25, -0.2) is 0 Å². The van der Waals surface area contributed by atoms with E-state index in [9.17, 15) is 15.3 Å². The summed E-state index contributed by atoms with van der Waals surface area (Å²) in [4.78, 5) is 12.0. The van der Waals surface area contributed by atoms with Gasteiger partial charge in [0.05, 0.1) is 4.92 Å². The Hall–Kier alpha value is -1.67. The third kappa shape index (κ3) is 3.01. The number of hydrogen-bond donors (Lipinski definition) is 0. The third-order valence-corrected chi connectivity index (χ3v) is 5.61. The summed E-state index contributed by atoms with van der Waals surface area (Å²) >= 11 is 6.58. The van der Waals surface area contributed by atoms with Gasteiger partial charge in [0, 0.05) is 24.7 Å². The van der Waals surface area contributed by atoms with Gasteiger partial charge in [-0.2, -0.15) is 4.74 Å². The third-order valence-electron chi connectivity index (χ3n) is 3.57. The maximum atomic E-state index is 12.4. The molecule has 112 valence electrons. The molecule has 6 nitrogen and oxygen atoms in total. The predicted octanol–water partition coefficient (Wildman–Crippen LogP) is 2.59. The molecule has 1 aliphatic heterocycles. The zero-order chi connectivity index (χ0) is 15.8. The highest BCUT2D eigenvalue weighted by molar-refractivity contribution is 8.23. The Bertz CT molecular complexity index is 614. The molecule has 1 atom stereocenters. The van der Waals surface area contributed by atoms with Gasteiger partial charge < -0.3 is 10.1 Å². The molecule has 0 radical (unpaired) electrons. The molecule has 0 bridgehead atoms. The van der Waals surface area contributed by atoms with E-state index in [-0.39, 0.29) is 16.6 Å². The molecule has 1 fully saturated rings. The number of rotatable bonds is 3. The maximum absolute atomic E-state index is 12.4. The first kappa shape index (κ1) is 15.7. The Morgan fingerprint density at radius 3 is 2.33 bits per heavy atom. The fourth-order valence-corrected chi connectivity index (χ4v) is 3.68. The highest BCUT2D eigenvalue weighted by Gasteiger charge is 2.48. The molecule has 21 heavy (non-hydrogen) atoms. The van der Waals surface area contributed by atoms with Crippen LogP contribution < -0.4 is 0 Å². The number of non-ortho nitro benzene ring substituents is 1. The Kier molecular flexibility index (Phi) is 4.20. The van der Waals surface area contributed by atoms with Gasteiger partial charge >= 0.3 is 0 Å². The van der Waals surface area contributed by atoms with Gasteiger partial charge in [-0.15, -0.1) is 0 Å².